The van der Waals surface area contributed by atoms with Gasteiger partial charge in [-0.25, -0.2) is 0 Å². The van der Waals surface area contributed by atoms with Gasteiger partial charge in [0.15, 0.2) is 0 Å². The Morgan fingerprint density at radius 3 is 2.52 bits per heavy atom. The quantitative estimate of drug-likeness (QED) is 0.823. The van der Waals surface area contributed by atoms with E-state index in [-0.39, 0.29) is 17.6 Å². The van der Waals surface area contributed by atoms with Gasteiger partial charge < -0.3 is 14.9 Å². The number of carbonyl (C=O) groups excluding carboxylic acids is 1. The predicted octanol–water partition coefficient (Wildman–Crippen LogP) is 3.81. The van der Waals surface area contributed by atoms with Crippen molar-refractivity contribution in [3.8, 4) is 5.75 Å². The molecule has 0 saturated carbocycles. The van der Waals surface area contributed by atoms with Gasteiger partial charge in [-0.15, -0.1) is 0 Å². The van der Waals surface area contributed by atoms with Crippen LogP contribution in [0.15, 0.2) is 22.7 Å². The molecule has 0 spiro atoms. The maximum absolute atomic E-state index is 12.8. The number of halogens is 1. The zero-order valence-corrected chi connectivity index (χ0v) is 16.7. The lowest BCUT2D eigenvalue weighted by Crippen LogP contribution is -2.49. The minimum Gasteiger partial charge on any atom is -0.507 e. The van der Waals surface area contributed by atoms with Crippen molar-refractivity contribution in [3.05, 3.63) is 28.2 Å². The van der Waals surface area contributed by atoms with E-state index in [4.69, 9.17) is 0 Å². The third-order valence-electron chi connectivity index (χ3n) is 5.66. The molecule has 138 valence electrons. The molecule has 0 aromatic heterocycles. The summed E-state index contributed by atoms with van der Waals surface area (Å²) in [6, 6.07) is 6.15. The third kappa shape index (κ3) is 4.76. The zero-order valence-electron chi connectivity index (χ0n) is 15.1. The standard InChI is InChI=1S/C20H29BrN2O2/c1-15(13-16-5-6-19(24)18(21)14-16)20(25)23-11-7-17(8-12-23)22-9-3-2-4-10-22/h5-6,14-15,17,24H,2-4,7-13H2,1H3/t15-/m1/s1. The number of phenols is 1. The molecule has 0 bridgehead atoms. The molecule has 0 unspecified atom stereocenters. The lowest BCUT2D eigenvalue weighted by molar-refractivity contribution is -0.136. The number of phenolic OH excluding ortho intramolecular Hbond substituents is 1. The summed E-state index contributed by atoms with van der Waals surface area (Å²) in [7, 11) is 0. The molecule has 3 rings (SSSR count). The van der Waals surface area contributed by atoms with Crippen LogP contribution >= 0.6 is 15.9 Å². The first-order valence-electron chi connectivity index (χ1n) is 9.55. The Labute approximate surface area is 159 Å². The highest BCUT2D eigenvalue weighted by Gasteiger charge is 2.29. The van der Waals surface area contributed by atoms with Crippen LogP contribution < -0.4 is 0 Å². The van der Waals surface area contributed by atoms with Crippen LogP contribution in [0.3, 0.4) is 0 Å². The summed E-state index contributed by atoms with van der Waals surface area (Å²) >= 11 is 3.34. The monoisotopic (exact) mass is 408 g/mol. The number of hydrogen-bond donors (Lipinski definition) is 1. The van der Waals surface area contributed by atoms with E-state index in [1.807, 2.05) is 19.1 Å². The first-order valence-corrected chi connectivity index (χ1v) is 10.3. The maximum Gasteiger partial charge on any atom is 0.225 e. The second-order valence-corrected chi connectivity index (χ2v) is 8.40. The van der Waals surface area contributed by atoms with E-state index in [0.29, 0.717) is 16.9 Å². The third-order valence-corrected chi connectivity index (χ3v) is 6.29. The summed E-state index contributed by atoms with van der Waals surface area (Å²) in [5, 5.41) is 9.60. The lowest BCUT2D eigenvalue weighted by Gasteiger charge is -2.40. The van der Waals surface area contributed by atoms with Gasteiger partial charge in [-0.3, -0.25) is 4.79 Å². The van der Waals surface area contributed by atoms with Crippen molar-refractivity contribution in [2.75, 3.05) is 26.2 Å². The van der Waals surface area contributed by atoms with E-state index in [1.165, 1.54) is 32.4 Å². The molecule has 1 aromatic carbocycles. The molecule has 4 nitrogen and oxygen atoms in total. The van der Waals surface area contributed by atoms with Crippen LogP contribution in [0.2, 0.25) is 0 Å². The smallest absolute Gasteiger partial charge is 0.225 e. The van der Waals surface area contributed by atoms with E-state index in [2.05, 4.69) is 25.7 Å². The van der Waals surface area contributed by atoms with Gasteiger partial charge in [-0.1, -0.05) is 19.4 Å². The second-order valence-electron chi connectivity index (χ2n) is 7.54. The topological polar surface area (TPSA) is 43.8 Å². The number of likely N-dealkylation sites (tertiary alicyclic amines) is 2. The largest absolute Gasteiger partial charge is 0.507 e. The van der Waals surface area contributed by atoms with E-state index >= 15 is 0 Å². The molecule has 1 N–H and O–H groups in total. The molecule has 1 amide bonds. The lowest BCUT2D eigenvalue weighted by atomic mass is 9.96. The Balaban J connectivity index is 1.50. The molecule has 1 atom stereocenters. The summed E-state index contributed by atoms with van der Waals surface area (Å²) in [5.74, 6) is 0.479. The molecule has 0 radical (unpaired) electrons. The summed E-state index contributed by atoms with van der Waals surface area (Å²) in [6.07, 6.45) is 6.98. The van der Waals surface area contributed by atoms with E-state index < -0.39 is 0 Å². The van der Waals surface area contributed by atoms with Crippen molar-refractivity contribution in [1.82, 2.24) is 9.80 Å². The average molecular weight is 409 g/mol. The highest BCUT2D eigenvalue weighted by Crippen LogP contribution is 2.26. The van der Waals surface area contributed by atoms with Crippen LogP contribution in [-0.2, 0) is 11.2 Å². The van der Waals surface area contributed by atoms with Crippen LogP contribution in [0.1, 0.15) is 44.6 Å². The number of rotatable bonds is 4. The summed E-state index contributed by atoms with van der Waals surface area (Å²) in [4.78, 5) is 17.5. The number of carbonyl (C=O) groups is 1. The molecule has 1 aromatic rings. The Morgan fingerprint density at radius 1 is 1.20 bits per heavy atom. The number of hydrogen-bond acceptors (Lipinski definition) is 3. The molecule has 25 heavy (non-hydrogen) atoms. The van der Waals surface area contributed by atoms with Crippen molar-refractivity contribution in [1.29, 1.82) is 0 Å². The van der Waals surface area contributed by atoms with Crippen molar-refractivity contribution < 1.29 is 9.90 Å². The van der Waals surface area contributed by atoms with E-state index in [0.717, 1.165) is 31.5 Å². The zero-order chi connectivity index (χ0) is 17.8. The first kappa shape index (κ1) is 18.7. The Bertz CT molecular complexity index is 593. The molecule has 0 aliphatic carbocycles. The molecule has 5 heteroatoms. The van der Waals surface area contributed by atoms with E-state index in [1.54, 1.807) is 6.07 Å². The van der Waals surface area contributed by atoms with E-state index in [9.17, 15) is 9.90 Å². The highest BCUT2D eigenvalue weighted by atomic mass is 79.9. The summed E-state index contributed by atoms with van der Waals surface area (Å²) in [6.45, 7) is 6.28. The Hall–Kier alpha value is -1.07. The Kier molecular flexibility index (Phi) is 6.39. The maximum atomic E-state index is 12.8. The molecular weight excluding hydrogens is 380 g/mol. The Morgan fingerprint density at radius 2 is 1.88 bits per heavy atom. The minimum atomic E-state index is -0.0250. The molecule has 2 aliphatic heterocycles. The van der Waals surface area contributed by atoms with Crippen molar-refractivity contribution in [2.45, 2.75) is 51.5 Å². The number of benzene rings is 1. The fourth-order valence-corrected chi connectivity index (χ4v) is 4.59. The van der Waals surface area contributed by atoms with Crippen molar-refractivity contribution in [2.24, 2.45) is 5.92 Å². The highest BCUT2D eigenvalue weighted by molar-refractivity contribution is 9.10. The van der Waals surface area contributed by atoms with Crippen molar-refractivity contribution in [3.63, 3.8) is 0 Å². The average Bonchev–Trinajstić information content (AvgIpc) is 2.65. The molecule has 2 fully saturated rings. The molecular formula is C20H29BrN2O2. The first-order chi connectivity index (χ1) is 12.0. The second kappa shape index (κ2) is 8.54. The molecule has 2 heterocycles. The number of piperidine rings is 2. The van der Waals surface area contributed by atoms with Crippen LogP contribution in [0.4, 0.5) is 0 Å². The van der Waals surface area contributed by atoms with Gasteiger partial charge in [0.2, 0.25) is 5.91 Å². The van der Waals surface area contributed by atoms with Crippen LogP contribution in [0, 0.1) is 5.92 Å². The molecule has 2 aliphatic rings. The van der Waals surface area contributed by atoms with Gasteiger partial charge in [0.05, 0.1) is 4.47 Å². The fraction of sp³-hybridized carbons (Fsp3) is 0.650. The van der Waals surface area contributed by atoms with Crippen molar-refractivity contribution >= 4 is 21.8 Å². The predicted molar refractivity (Wildman–Crippen MR) is 104 cm³/mol. The van der Waals surface area contributed by atoms with Crippen LogP contribution in [-0.4, -0.2) is 53.0 Å². The molecule has 2 saturated heterocycles. The SMILES string of the molecule is C[C@H](Cc1ccc(O)c(Br)c1)C(=O)N1CCC(N2CCCCC2)CC1. The number of aromatic hydroxyl groups is 1. The number of nitrogens with zero attached hydrogens (tertiary/aromatic N) is 2. The van der Waals surface area contributed by atoms with Gasteiger partial charge in [0, 0.05) is 25.0 Å². The fourth-order valence-electron chi connectivity index (χ4n) is 4.16. The van der Waals surface area contributed by atoms with Gasteiger partial charge in [0.1, 0.15) is 5.75 Å². The summed E-state index contributed by atoms with van der Waals surface area (Å²) < 4.78 is 0.687. The van der Waals surface area contributed by atoms with Gasteiger partial charge in [-0.2, -0.15) is 0 Å². The number of amides is 1. The van der Waals surface area contributed by atoms with Gasteiger partial charge in [0.25, 0.3) is 0 Å². The minimum absolute atomic E-state index is 0.0250. The van der Waals surface area contributed by atoms with Gasteiger partial charge in [-0.05, 0) is 78.8 Å². The normalized spacial score (nSPS) is 21.3. The summed E-state index contributed by atoms with van der Waals surface area (Å²) in [5.41, 5.74) is 1.08. The van der Waals surface area contributed by atoms with Crippen LogP contribution in [0.5, 0.6) is 5.75 Å². The van der Waals surface area contributed by atoms with Crippen LogP contribution in [0.25, 0.3) is 0 Å². The van der Waals surface area contributed by atoms with Gasteiger partial charge >= 0.3 is 0 Å².